The third kappa shape index (κ3) is 5.95. The van der Waals surface area contributed by atoms with Crippen molar-refractivity contribution in [3.05, 3.63) is 47.0 Å². The molecule has 0 bridgehead atoms. The third-order valence-electron chi connectivity index (χ3n) is 4.35. The first-order chi connectivity index (χ1) is 13.0. The normalized spacial score (nSPS) is 20.4. The highest BCUT2D eigenvalue weighted by Crippen LogP contribution is 2.19. The lowest BCUT2D eigenvalue weighted by atomic mass is 10.1. The van der Waals surface area contributed by atoms with E-state index < -0.39 is 0 Å². The van der Waals surface area contributed by atoms with Crippen LogP contribution in [-0.4, -0.2) is 46.9 Å². The maximum atomic E-state index is 12.1. The van der Waals surface area contributed by atoms with Crippen LogP contribution in [-0.2, 0) is 16.1 Å². The standard InChI is InChI=1S/C20H25N3O3S/c1-14-10-23(11-15(2)26-14)12-17-13-27-20(21-17)22-19(25)9-8-18(24)16-6-4-3-5-7-16/h3-7,13-15H,8-12H2,1-2H3,(H,21,22,25). The second kappa shape index (κ2) is 9.21. The highest BCUT2D eigenvalue weighted by Gasteiger charge is 2.22. The summed E-state index contributed by atoms with van der Waals surface area (Å²) in [6.45, 7) is 6.66. The van der Waals surface area contributed by atoms with Crippen molar-refractivity contribution >= 4 is 28.2 Å². The molecule has 1 amide bonds. The number of ketones is 1. The first kappa shape index (κ1) is 19.7. The smallest absolute Gasteiger partial charge is 0.226 e. The average molecular weight is 388 g/mol. The number of aromatic nitrogens is 1. The Balaban J connectivity index is 1.46. The number of anilines is 1. The quantitative estimate of drug-likeness (QED) is 0.738. The number of carbonyl (C=O) groups excluding carboxylic acids is 2. The Hall–Kier alpha value is -2.09. The predicted octanol–water partition coefficient (Wildman–Crippen LogP) is 3.35. The van der Waals surface area contributed by atoms with Crippen molar-refractivity contribution in [3.63, 3.8) is 0 Å². The van der Waals surface area contributed by atoms with E-state index >= 15 is 0 Å². The van der Waals surface area contributed by atoms with Crippen LogP contribution >= 0.6 is 11.3 Å². The Morgan fingerprint density at radius 1 is 1.19 bits per heavy atom. The zero-order chi connectivity index (χ0) is 19.2. The lowest BCUT2D eigenvalue weighted by Gasteiger charge is -2.34. The van der Waals surface area contributed by atoms with Crippen molar-refractivity contribution in [2.75, 3.05) is 18.4 Å². The van der Waals surface area contributed by atoms with Crippen LogP contribution in [0.4, 0.5) is 5.13 Å². The van der Waals surface area contributed by atoms with Crippen LogP contribution in [0.3, 0.4) is 0 Å². The van der Waals surface area contributed by atoms with Gasteiger partial charge < -0.3 is 10.1 Å². The highest BCUT2D eigenvalue weighted by atomic mass is 32.1. The van der Waals surface area contributed by atoms with Gasteiger partial charge in [0, 0.05) is 43.4 Å². The van der Waals surface area contributed by atoms with Gasteiger partial charge in [-0.15, -0.1) is 11.3 Å². The Morgan fingerprint density at radius 3 is 2.59 bits per heavy atom. The van der Waals surface area contributed by atoms with Gasteiger partial charge in [-0.3, -0.25) is 14.5 Å². The van der Waals surface area contributed by atoms with Gasteiger partial charge in [-0.25, -0.2) is 4.98 Å². The molecule has 1 saturated heterocycles. The number of rotatable bonds is 7. The first-order valence-corrected chi connectivity index (χ1v) is 10.1. The summed E-state index contributed by atoms with van der Waals surface area (Å²) in [6.07, 6.45) is 0.779. The molecule has 2 aromatic rings. The molecule has 1 aromatic heterocycles. The fourth-order valence-corrected chi connectivity index (χ4v) is 3.97. The maximum Gasteiger partial charge on any atom is 0.226 e. The van der Waals surface area contributed by atoms with E-state index in [1.54, 1.807) is 12.1 Å². The van der Waals surface area contributed by atoms with Crippen molar-refractivity contribution in [1.82, 2.24) is 9.88 Å². The van der Waals surface area contributed by atoms with Gasteiger partial charge in [0.2, 0.25) is 5.91 Å². The van der Waals surface area contributed by atoms with Crippen LogP contribution in [0.2, 0.25) is 0 Å². The SMILES string of the molecule is CC1CN(Cc2csc(NC(=O)CCC(=O)c3ccccc3)n2)CC(C)O1. The number of ether oxygens (including phenoxy) is 1. The van der Waals surface area contributed by atoms with Crippen LogP contribution < -0.4 is 5.32 Å². The molecule has 7 heteroatoms. The first-order valence-electron chi connectivity index (χ1n) is 9.20. The van der Waals surface area contributed by atoms with Crippen LogP contribution in [0.1, 0.15) is 42.7 Å². The van der Waals surface area contributed by atoms with E-state index in [0.29, 0.717) is 10.7 Å². The van der Waals surface area contributed by atoms with Gasteiger partial charge in [0.25, 0.3) is 0 Å². The number of amides is 1. The number of hydrogen-bond donors (Lipinski definition) is 1. The second-order valence-corrected chi connectivity index (χ2v) is 7.79. The lowest BCUT2D eigenvalue weighted by Crippen LogP contribution is -2.44. The number of nitrogens with one attached hydrogen (secondary N) is 1. The maximum absolute atomic E-state index is 12.1. The second-order valence-electron chi connectivity index (χ2n) is 6.93. The number of hydrogen-bond acceptors (Lipinski definition) is 6. The minimum absolute atomic E-state index is 0.0267. The molecule has 0 radical (unpaired) electrons. The van der Waals surface area contributed by atoms with Gasteiger partial charge in [0.05, 0.1) is 17.9 Å². The number of nitrogens with zero attached hydrogens (tertiary/aromatic N) is 2. The minimum Gasteiger partial charge on any atom is -0.373 e. The summed E-state index contributed by atoms with van der Waals surface area (Å²) in [6, 6.07) is 9.03. The topological polar surface area (TPSA) is 71.5 Å². The molecular formula is C20H25N3O3S. The fourth-order valence-electron chi connectivity index (χ4n) is 3.26. The Labute approximate surface area is 163 Å². The van der Waals surface area contributed by atoms with Crippen LogP contribution in [0.25, 0.3) is 0 Å². The summed E-state index contributed by atoms with van der Waals surface area (Å²) >= 11 is 1.41. The molecule has 2 heterocycles. The van der Waals surface area contributed by atoms with Crippen molar-refractivity contribution in [2.24, 2.45) is 0 Å². The fraction of sp³-hybridized carbons (Fsp3) is 0.450. The third-order valence-corrected chi connectivity index (χ3v) is 5.16. The molecule has 1 aromatic carbocycles. The molecule has 1 aliphatic heterocycles. The molecule has 144 valence electrons. The largest absolute Gasteiger partial charge is 0.373 e. The van der Waals surface area contributed by atoms with Gasteiger partial charge in [0.15, 0.2) is 10.9 Å². The minimum atomic E-state index is -0.186. The van der Waals surface area contributed by atoms with E-state index in [-0.39, 0.29) is 36.7 Å². The number of carbonyl (C=O) groups is 2. The molecule has 6 nitrogen and oxygen atoms in total. The Kier molecular flexibility index (Phi) is 6.71. The van der Waals surface area contributed by atoms with Crippen LogP contribution in [0, 0.1) is 0 Å². The number of benzene rings is 1. The van der Waals surface area contributed by atoms with E-state index in [1.165, 1.54) is 11.3 Å². The summed E-state index contributed by atoms with van der Waals surface area (Å²) < 4.78 is 5.75. The lowest BCUT2D eigenvalue weighted by molar-refractivity contribution is -0.116. The van der Waals surface area contributed by atoms with Gasteiger partial charge in [-0.05, 0) is 13.8 Å². The van der Waals surface area contributed by atoms with E-state index in [4.69, 9.17) is 4.74 Å². The van der Waals surface area contributed by atoms with Crippen molar-refractivity contribution in [2.45, 2.75) is 45.4 Å². The number of morpholine rings is 1. The molecule has 3 rings (SSSR count). The summed E-state index contributed by atoms with van der Waals surface area (Å²) in [5.74, 6) is -0.213. The average Bonchev–Trinajstić information content (AvgIpc) is 3.06. The van der Waals surface area contributed by atoms with Crippen molar-refractivity contribution in [1.29, 1.82) is 0 Å². The van der Waals surface area contributed by atoms with Gasteiger partial charge >= 0.3 is 0 Å². The van der Waals surface area contributed by atoms with Gasteiger partial charge in [-0.2, -0.15) is 0 Å². The molecular weight excluding hydrogens is 362 g/mol. The van der Waals surface area contributed by atoms with E-state index in [1.807, 2.05) is 23.6 Å². The molecule has 1 fully saturated rings. The predicted molar refractivity (Wildman–Crippen MR) is 106 cm³/mol. The summed E-state index contributed by atoms with van der Waals surface area (Å²) in [5, 5.41) is 5.34. The van der Waals surface area contributed by atoms with Crippen LogP contribution in [0.15, 0.2) is 35.7 Å². The summed E-state index contributed by atoms with van der Waals surface area (Å²) in [4.78, 5) is 31.0. The number of Topliss-reactive ketones (excluding diaryl/α,β-unsaturated/α-hetero) is 1. The van der Waals surface area contributed by atoms with Gasteiger partial charge in [-0.1, -0.05) is 30.3 Å². The zero-order valence-corrected chi connectivity index (χ0v) is 16.5. The Bertz CT molecular complexity index is 768. The molecule has 2 atom stereocenters. The van der Waals surface area contributed by atoms with Crippen LogP contribution in [0.5, 0.6) is 0 Å². The molecule has 27 heavy (non-hydrogen) atoms. The Morgan fingerprint density at radius 2 is 1.89 bits per heavy atom. The highest BCUT2D eigenvalue weighted by molar-refractivity contribution is 7.13. The molecule has 0 aliphatic carbocycles. The van der Waals surface area contributed by atoms with Crippen molar-refractivity contribution < 1.29 is 14.3 Å². The number of thiazole rings is 1. The zero-order valence-electron chi connectivity index (χ0n) is 15.7. The van der Waals surface area contributed by atoms with E-state index in [9.17, 15) is 9.59 Å². The molecule has 2 unspecified atom stereocenters. The summed E-state index contributed by atoms with van der Waals surface area (Å²) in [7, 11) is 0. The van der Waals surface area contributed by atoms with E-state index in [2.05, 4.69) is 29.0 Å². The van der Waals surface area contributed by atoms with E-state index in [0.717, 1.165) is 25.3 Å². The molecule has 0 saturated carbocycles. The van der Waals surface area contributed by atoms with Gasteiger partial charge in [0.1, 0.15) is 0 Å². The monoisotopic (exact) mass is 387 g/mol. The molecule has 1 aliphatic rings. The summed E-state index contributed by atoms with van der Waals surface area (Å²) in [5.41, 5.74) is 1.58. The molecule has 1 N–H and O–H groups in total. The van der Waals surface area contributed by atoms with Crippen molar-refractivity contribution in [3.8, 4) is 0 Å². The molecule has 0 spiro atoms.